The highest BCUT2D eigenvalue weighted by atomic mass is 16.6. The van der Waals surface area contributed by atoms with Crippen LogP contribution in [0, 0.1) is 11.3 Å². The van der Waals surface area contributed by atoms with Gasteiger partial charge in [0, 0.05) is 12.3 Å². The Bertz CT molecular complexity index is 437. The number of carbonyl (C=O) groups excluding carboxylic acids is 1. The second-order valence-corrected chi connectivity index (χ2v) is 7.12. The normalized spacial score (nSPS) is 41.8. The van der Waals surface area contributed by atoms with E-state index in [-0.39, 0.29) is 11.4 Å². The molecule has 0 aromatic rings. The summed E-state index contributed by atoms with van der Waals surface area (Å²) in [6.45, 7) is 5.44. The molecular weight excluding hydrogens is 228 g/mol. The number of esters is 1. The average molecular weight is 250 g/mol. The molecule has 0 amide bonds. The Morgan fingerprint density at radius 2 is 2.22 bits per heavy atom. The van der Waals surface area contributed by atoms with Crippen molar-refractivity contribution < 1.29 is 14.6 Å². The predicted molar refractivity (Wildman–Crippen MR) is 67.9 cm³/mol. The number of rotatable bonds is 2. The van der Waals surface area contributed by atoms with Gasteiger partial charge in [-0.3, -0.25) is 4.79 Å². The fourth-order valence-electron chi connectivity index (χ4n) is 4.70. The molecule has 0 aromatic heterocycles. The van der Waals surface area contributed by atoms with E-state index in [1.54, 1.807) is 0 Å². The maximum atomic E-state index is 11.3. The molecule has 0 saturated heterocycles. The molecule has 0 aliphatic heterocycles. The Morgan fingerprint density at radius 1 is 1.50 bits per heavy atom. The van der Waals surface area contributed by atoms with Crippen LogP contribution in [0.5, 0.6) is 0 Å². The molecule has 0 heterocycles. The van der Waals surface area contributed by atoms with Gasteiger partial charge in [0.2, 0.25) is 0 Å². The van der Waals surface area contributed by atoms with E-state index < -0.39 is 11.2 Å². The second kappa shape index (κ2) is 3.38. The lowest BCUT2D eigenvalue weighted by molar-refractivity contribution is -0.186. The van der Waals surface area contributed by atoms with E-state index >= 15 is 0 Å². The maximum absolute atomic E-state index is 11.3. The molecule has 18 heavy (non-hydrogen) atoms. The average Bonchev–Trinajstić information content (AvgIpc) is 2.10. The molecule has 4 aliphatic rings. The molecule has 3 heteroatoms. The van der Waals surface area contributed by atoms with Crippen LogP contribution in [0.4, 0.5) is 0 Å². The molecule has 3 atom stereocenters. The summed E-state index contributed by atoms with van der Waals surface area (Å²) < 4.78 is 5.57. The topological polar surface area (TPSA) is 46.5 Å². The molecule has 1 N–H and O–H groups in total. The SMILES string of the molecule is CC(=O)OC(C)(C)C12C=C3CC(CC(O)(C3)C1)C2. The van der Waals surface area contributed by atoms with Crippen LogP contribution >= 0.6 is 0 Å². The van der Waals surface area contributed by atoms with E-state index in [9.17, 15) is 9.90 Å². The highest BCUT2D eigenvalue weighted by Gasteiger charge is 2.60. The predicted octanol–water partition coefficient (Wildman–Crippen LogP) is 2.58. The Hall–Kier alpha value is -0.830. The van der Waals surface area contributed by atoms with Crippen molar-refractivity contribution in [2.24, 2.45) is 11.3 Å². The van der Waals surface area contributed by atoms with E-state index in [2.05, 4.69) is 6.08 Å². The summed E-state index contributed by atoms with van der Waals surface area (Å²) in [5, 5.41) is 10.7. The molecule has 100 valence electrons. The lowest BCUT2D eigenvalue weighted by atomic mass is 9.48. The minimum Gasteiger partial charge on any atom is -0.459 e. The summed E-state index contributed by atoms with van der Waals surface area (Å²) in [4.78, 5) is 11.3. The number of hydrogen-bond acceptors (Lipinski definition) is 3. The third-order valence-electron chi connectivity index (χ3n) is 5.15. The number of carbonyl (C=O) groups is 1. The lowest BCUT2D eigenvalue weighted by Crippen LogP contribution is -2.59. The van der Waals surface area contributed by atoms with Crippen molar-refractivity contribution in [1.82, 2.24) is 0 Å². The lowest BCUT2D eigenvalue weighted by Gasteiger charge is -2.60. The van der Waals surface area contributed by atoms with Gasteiger partial charge in [0.1, 0.15) is 5.60 Å². The van der Waals surface area contributed by atoms with Crippen LogP contribution in [0.2, 0.25) is 0 Å². The third-order valence-corrected chi connectivity index (χ3v) is 5.15. The zero-order valence-electron chi connectivity index (χ0n) is 11.5. The van der Waals surface area contributed by atoms with Crippen LogP contribution in [0.25, 0.3) is 0 Å². The molecule has 0 aromatic carbocycles. The van der Waals surface area contributed by atoms with Crippen LogP contribution in [0.15, 0.2) is 11.6 Å². The first kappa shape index (κ1) is 12.2. The van der Waals surface area contributed by atoms with E-state index in [1.807, 2.05) is 13.8 Å². The summed E-state index contributed by atoms with van der Waals surface area (Å²) in [5.41, 5.74) is 0.120. The van der Waals surface area contributed by atoms with Gasteiger partial charge >= 0.3 is 5.97 Å². The molecule has 0 spiro atoms. The second-order valence-electron chi connectivity index (χ2n) is 7.12. The fraction of sp³-hybridized carbons (Fsp3) is 0.800. The van der Waals surface area contributed by atoms with Crippen molar-refractivity contribution in [3.63, 3.8) is 0 Å². The monoisotopic (exact) mass is 250 g/mol. The van der Waals surface area contributed by atoms with Gasteiger partial charge in [-0.2, -0.15) is 0 Å². The van der Waals surface area contributed by atoms with Crippen LogP contribution in [0.1, 0.15) is 52.9 Å². The van der Waals surface area contributed by atoms with Gasteiger partial charge in [0.15, 0.2) is 0 Å². The summed E-state index contributed by atoms with van der Waals surface area (Å²) >= 11 is 0. The highest BCUT2D eigenvalue weighted by molar-refractivity contribution is 5.66. The molecular formula is C15H22O3. The van der Waals surface area contributed by atoms with Crippen molar-refractivity contribution in [3.05, 3.63) is 11.6 Å². The molecule has 4 bridgehead atoms. The number of hydrogen-bond donors (Lipinski definition) is 1. The third kappa shape index (κ3) is 1.63. The first-order valence-corrected chi connectivity index (χ1v) is 6.86. The summed E-state index contributed by atoms with van der Waals surface area (Å²) in [5.74, 6) is 0.327. The number of aliphatic hydroxyl groups is 1. The van der Waals surface area contributed by atoms with Gasteiger partial charge in [-0.05, 0) is 51.9 Å². The standard InChI is InChI=1S/C15H22O3/c1-10(16)18-13(2,3)14-5-11-4-12(6-14)8-15(17,7-11)9-14/h5,12,17H,4,6-9H2,1-3H3. The van der Waals surface area contributed by atoms with Crippen LogP contribution in [0.3, 0.4) is 0 Å². The van der Waals surface area contributed by atoms with Crippen molar-refractivity contribution in [2.45, 2.75) is 64.1 Å². The zero-order chi connectivity index (χ0) is 13.2. The van der Waals surface area contributed by atoms with Gasteiger partial charge in [0.25, 0.3) is 0 Å². The van der Waals surface area contributed by atoms with Gasteiger partial charge < -0.3 is 9.84 Å². The number of ether oxygens (including phenoxy) is 1. The summed E-state index contributed by atoms with van der Waals surface area (Å²) in [6, 6.07) is 0. The zero-order valence-corrected chi connectivity index (χ0v) is 11.5. The minimum atomic E-state index is -0.553. The molecule has 4 aliphatic carbocycles. The van der Waals surface area contributed by atoms with Crippen LogP contribution in [-0.4, -0.2) is 22.3 Å². The van der Waals surface area contributed by atoms with Gasteiger partial charge in [-0.15, -0.1) is 0 Å². The van der Waals surface area contributed by atoms with Gasteiger partial charge in [0.05, 0.1) is 5.60 Å². The van der Waals surface area contributed by atoms with Crippen molar-refractivity contribution in [3.8, 4) is 0 Å². The van der Waals surface area contributed by atoms with E-state index in [1.165, 1.54) is 12.5 Å². The van der Waals surface area contributed by atoms with E-state index in [0.717, 1.165) is 32.1 Å². The Balaban J connectivity index is 2.00. The first-order valence-electron chi connectivity index (χ1n) is 6.86. The van der Waals surface area contributed by atoms with E-state index in [0.29, 0.717) is 5.92 Å². The van der Waals surface area contributed by atoms with Crippen molar-refractivity contribution >= 4 is 5.97 Å². The highest BCUT2D eigenvalue weighted by Crippen LogP contribution is 2.62. The Kier molecular flexibility index (Phi) is 2.30. The van der Waals surface area contributed by atoms with Crippen molar-refractivity contribution in [1.29, 1.82) is 0 Å². The molecule has 4 rings (SSSR count). The molecule has 3 unspecified atom stereocenters. The largest absolute Gasteiger partial charge is 0.459 e. The Labute approximate surface area is 108 Å². The first-order chi connectivity index (χ1) is 8.24. The quantitative estimate of drug-likeness (QED) is 0.605. The van der Waals surface area contributed by atoms with Gasteiger partial charge in [-0.25, -0.2) is 0 Å². The summed E-state index contributed by atoms with van der Waals surface area (Å²) in [7, 11) is 0. The van der Waals surface area contributed by atoms with Crippen LogP contribution in [-0.2, 0) is 9.53 Å². The summed E-state index contributed by atoms with van der Waals surface area (Å²) in [6.07, 6.45) is 6.95. The molecule has 3 nitrogen and oxygen atoms in total. The van der Waals surface area contributed by atoms with Crippen molar-refractivity contribution in [2.75, 3.05) is 0 Å². The smallest absolute Gasteiger partial charge is 0.303 e. The minimum absolute atomic E-state index is 0.165. The molecule has 2 saturated carbocycles. The van der Waals surface area contributed by atoms with Gasteiger partial charge in [-0.1, -0.05) is 11.6 Å². The molecule has 0 radical (unpaired) electrons. The molecule has 2 fully saturated rings. The fourth-order valence-corrected chi connectivity index (χ4v) is 4.70. The van der Waals surface area contributed by atoms with E-state index in [4.69, 9.17) is 4.74 Å². The van der Waals surface area contributed by atoms with Crippen LogP contribution < -0.4 is 0 Å². The maximum Gasteiger partial charge on any atom is 0.303 e. The Morgan fingerprint density at radius 3 is 2.78 bits per heavy atom.